The smallest absolute Gasteiger partial charge is 0.468 e. The first-order valence-electron chi connectivity index (χ1n) is 13.6. The molecule has 0 unspecified atom stereocenters. The number of benzene rings is 1. The second-order valence-electron chi connectivity index (χ2n) is 8.80. The molecule has 220 valence electrons. The number of carbonyl (C=O) groups excluding carboxylic acids is 4. The van der Waals surface area contributed by atoms with E-state index in [1.807, 2.05) is 13.8 Å². The summed E-state index contributed by atoms with van der Waals surface area (Å²) >= 11 is 0. The molecule has 0 aromatic heterocycles. The zero-order valence-electron chi connectivity index (χ0n) is 23.6. The molecule has 0 saturated heterocycles. The number of esters is 2. The zero-order valence-corrected chi connectivity index (χ0v) is 23.6. The maximum atomic E-state index is 12.4. The zero-order chi connectivity index (χ0) is 28.9. The van der Waals surface area contributed by atoms with Crippen molar-refractivity contribution in [2.75, 3.05) is 33.5 Å². The molecule has 1 aromatic carbocycles. The summed E-state index contributed by atoms with van der Waals surface area (Å²) in [5.41, 5.74) is 0.581. The first-order chi connectivity index (χ1) is 18.8. The van der Waals surface area contributed by atoms with E-state index in [0.717, 1.165) is 32.1 Å². The van der Waals surface area contributed by atoms with Crippen LogP contribution in [0.1, 0.15) is 77.7 Å². The predicted octanol–water partition coefficient (Wildman–Crippen LogP) is 5.11. The van der Waals surface area contributed by atoms with E-state index in [1.165, 1.54) is 19.2 Å². The van der Waals surface area contributed by atoms with Gasteiger partial charge in [0.2, 0.25) is 0 Å². The second kappa shape index (κ2) is 20.6. The van der Waals surface area contributed by atoms with Gasteiger partial charge in [-0.15, -0.1) is 0 Å². The van der Waals surface area contributed by atoms with Crippen LogP contribution in [0.5, 0.6) is 11.5 Å². The Morgan fingerprint density at radius 3 is 1.97 bits per heavy atom. The number of unbranched alkanes of at least 4 members (excludes halogenated alkanes) is 4. The number of ether oxygens (including phenoxy) is 6. The molecule has 11 heteroatoms. The van der Waals surface area contributed by atoms with Gasteiger partial charge >= 0.3 is 24.2 Å². The van der Waals surface area contributed by atoms with Crippen LogP contribution in [0.15, 0.2) is 18.2 Å². The molecule has 0 aliphatic carbocycles. The number of rotatable bonds is 19. The molecule has 0 amide bonds. The summed E-state index contributed by atoms with van der Waals surface area (Å²) in [4.78, 5) is 48.4. The minimum Gasteiger partial charge on any atom is -0.468 e. The SMILES string of the molecule is CCCCCC(=O)OCCN[C@@H](Cc1ccc(OC(=O)OCCCC)c(OC(=O)OCCCC)c1)C(=O)OC. The first kappa shape index (κ1) is 33.7. The summed E-state index contributed by atoms with van der Waals surface area (Å²) in [5, 5.41) is 3.02. The van der Waals surface area contributed by atoms with E-state index in [4.69, 9.17) is 28.4 Å². The van der Waals surface area contributed by atoms with E-state index < -0.39 is 24.3 Å². The lowest BCUT2D eigenvalue weighted by Crippen LogP contribution is -2.41. The third-order valence-corrected chi connectivity index (χ3v) is 5.50. The Balaban J connectivity index is 2.90. The maximum Gasteiger partial charge on any atom is 0.513 e. The summed E-state index contributed by atoms with van der Waals surface area (Å²) in [6.45, 7) is 6.68. The molecule has 0 spiro atoms. The minimum atomic E-state index is -0.951. The predicted molar refractivity (Wildman–Crippen MR) is 143 cm³/mol. The van der Waals surface area contributed by atoms with Gasteiger partial charge in [-0.05, 0) is 43.4 Å². The monoisotopic (exact) mass is 553 g/mol. The molecule has 0 bridgehead atoms. The van der Waals surface area contributed by atoms with Crippen molar-refractivity contribution in [3.63, 3.8) is 0 Å². The molecule has 11 nitrogen and oxygen atoms in total. The quantitative estimate of drug-likeness (QED) is 0.106. The number of hydrogen-bond donors (Lipinski definition) is 1. The molecule has 0 radical (unpaired) electrons. The Hall–Kier alpha value is -3.34. The maximum absolute atomic E-state index is 12.4. The normalized spacial score (nSPS) is 11.3. The van der Waals surface area contributed by atoms with Crippen molar-refractivity contribution >= 4 is 24.2 Å². The Bertz CT molecular complexity index is 889. The van der Waals surface area contributed by atoms with E-state index in [9.17, 15) is 19.2 Å². The van der Waals surface area contributed by atoms with Crippen LogP contribution < -0.4 is 14.8 Å². The van der Waals surface area contributed by atoms with Gasteiger partial charge in [0.25, 0.3) is 0 Å². The fraction of sp³-hybridized carbons (Fsp3) is 0.643. The van der Waals surface area contributed by atoms with E-state index in [-0.39, 0.29) is 50.3 Å². The van der Waals surface area contributed by atoms with E-state index in [2.05, 4.69) is 12.2 Å². The summed E-state index contributed by atoms with van der Waals surface area (Å²) in [5.74, 6) is -0.904. The molecule has 0 aliphatic heterocycles. The Kier molecular flexibility index (Phi) is 17.8. The van der Waals surface area contributed by atoms with Crippen molar-refractivity contribution in [3.8, 4) is 11.5 Å². The number of nitrogens with one attached hydrogen (secondary N) is 1. The van der Waals surface area contributed by atoms with Crippen LogP contribution in [-0.2, 0) is 35.0 Å². The van der Waals surface area contributed by atoms with Crippen LogP contribution >= 0.6 is 0 Å². The highest BCUT2D eigenvalue weighted by atomic mass is 16.7. The Morgan fingerprint density at radius 1 is 0.769 bits per heavy atom. The molecule has 1 aromatic rings. The van der Waals surface area contributed by atoms with Crippen LogP contribution in [0.25, 0.3) is 0 Å². The van der Waals surface area contributed by atoms with Gasteiger partial charge in [0.1, 0.15) is 12.6 Å². The van der Waals surface area contributed by atoms with E-state index in [1.54, 1.807) is 6.07 Å². The summed E-state index contributed by atoms with van der Waals surface area (Å²) < 4.78 is 30.7. The molecule has 0 heterocycles. The molecular weight excluding hydrogens is 510 g/mol. The molecule has 0 fully saturated rings. The number of methoxy groups -OCH3 is 1. The van der Waals surface area contributed by atoms with Gasteiger partial charge in [-0.3, -0.25) is 9.59 Å². The van der Waals surface area contributed by atoms with E-state index >= 15 is 0 Å². The lowest BCUT2D eigenvalue weighted by molar-refractivity contribution is -0.144. The Morgan fingerprint density at radius 2 is 1.38 bits per heavy atom. The molecule has 39 heavy (non-hydrogen) atoms. The summed E-state index contributed by atoms with van der Waals surface area (Å²) in [6, 6.07) is 3.76. The highest BCUT2D eigenvalue weighted by molar-refractivity contribution is 5.76. The lowest BCUT2D eigenvalue weighted by Gasteiger charge is -2.18. The third kappa shape index (κ3) is 15.0. The topological polar surface area (TPSA) is 136 Å². The van der Waals surface area contributed by atoms with Gasteiger partial charge in [-0.2, -0.15) is 0 Å². The molecule has 1 atom stereocenters. The molecular formula is C28H43NO10. The molecule has 0 aliphatic rings. The van der Waals surface area contributed by atoms with Crippen molar-refractivity contribution in [2.24, 2.45) is 0 Å². The summed E-state index contributed by atoms with van der Waals surface area (Å²) in [7, 11) is 1.27. The third-order valence-electron chi connectivity index (χ3n) is 5.50. The van der Waals surface area contributed by atoms with E-state index in [0.29, 0.717) is 24.8 Å². The summed E-state index contributed by atoms with van der Waals surface area (Å²) in [6.07, 6.45) is 4.41. The average Bonchev–Trinajstić information content (AvgIpc) is 2.91. The van der Waals surface area contributed by atoms with Crippen LogP contribution in [0.4, 0.5) is 9.59 Å². The average molecular weight is 554 g/mol. The van der Waals surface area contributed by atoms with Gasteiger partial charge in [0.05, 0.1) is 20.3 Å². The van der Waals surface area contributed by atoms with Gasteiger partial charge in [-0.1, -0.05) is 52.5 Å². The van der Waals surface area contributed by atoms with Gasteiger partial charge < -0.3 is 33.7 Å². The lowest BCUT2D eigenvalue weighted by atomic mass is 10.1. The standard InChI is InChI=1S/C28H43NO10/c1-5-8-11-12-25(30)35-18-15-29-22(26(31)34-4)19-21-13-14-23(38-27(32)36-16-9-6-2)24(20-21)39-28(33)37-17-10-7-3/h13-14,20,22,29H,5-12,15-19H2,1-4H3/t22-/m0/s1. The fourth-order valence-corrected chi connectivity index (χ4v) is 3.29. The molecule has 1 N–H and O–H groups in total. The van der Waals surface area contributed by atoms with Crippen molar-refractivity contribution in [1.29, 1.82) is 0 Å². The van der Waals surface area contributed by atoms with Crippen LogP contribution in [0, 0.1) is 0 Å². The van der Waals surface area contributed by atoms with Gasteiger partial charge in [-0.25, -0.2) is 9.59 Å². The second-order valence-corrected chi connectivity index (χ2v) is 8.80. The molecule has 0 saturated carbocycles. The number of hydrogen-bond acceptors (Lipinski definition) is 11. The largest absolute Gasteiger partial charge is 0.513 e. The number of carbonyl (C=O) groups is 4. The Labute approximate surface area is 230 Å². The highest BCUT2D eigenvalue weighted by Gasteiger charge is 2.22. The molecule has 1 rings (SSSR count). The minimum absolute atomic E-state index is 0.0368. The van der Waals surface area contributed by atoms with Crippen molar-refractivity contribution in [1.82, 2.24) is 5.32 Å². The van der Waals surface area contributed by atoms with Crippen molar-refractivity contribution < 1.29 is 47.6 Å². The van der Waals surface area contributed by atoms with Crippen LogP contribution in [0.3, 0.4) is 0 Å². The van der Waals surface area contributed by atoms with Crippen molar-refractivity contribution in [3.05, 3.63) is 23.8 Å². The first-order valence-corrected chi connectivity index (χ1v) is 13.6. The van der Waals surface area contributed by atoms with Gasteiger partial charge in [0, 0.05) is 13.0 Å². The van der Waals surface area contributed by atoms with Crippen molar-refractivity contribution in [2.45, 2.75) is 84.6 Å². The van der Waals surface area contributed by atoms with Crippen LogP contribution in [0.2, 0.25) is 0 Å². The fourth-order valence-electron chi connectivity index (χ4n) is 3.29. The highest BCUT2D eigenvalue weighted by Crippen LogP contribution is 2.30. The van der Waals surface area contributed by atoms with Crippen LogP contribution in [-0.4, -0.2) is 63.8 Å². The van der Waals surface area contributed by atoms with Gasteiger partial charge in [0.15, 0.2) is 11.5 Å².